The van der Waals surface area contributed by atoms with E-state index in [-0.39, 0.29) is 10.5 Å². The van der Waals surface area contributed by atoms with E-state index in [9.17, 15) is 0 Å². The molecule has 0 aromatic rings. The molecule has 0 aliphatic carbocycles. The SMILES string of the molecule is [O-][Cl+2]([O-])O[SiH3]. The highest BCUT2D eigenvalue weighted by atomic mass is 35.6. The van der Waals surface area contributed by atoms with Crippen LogP contribution in [0.25, 0.3) is 0 Å². The van der Waals surface area contributed by atoms with Crippen LogP contribution in [0.5, 0.6) is 0 Å². The molecule has 0 fully saturated rings. The van der Waals surface area contributed by atoms with Crippen LogP contribution < -0.4 is 9.32 Å². The van der Waals surface area contributed by atoms with Gasteiger partial charge in [-0.15, -0.1) is 0 Å². The van der Waals surface area contributed by atoms with Crippen molar-refractivity contribution in [3.63, 3.8) is 0 Å². The normalized spacial score (nSPS) is 10.2. The van der Waals surface area contributed by atoms with E-state index in [1.807, 2.05) is 0 Å². The van der Waals surface area contributed by atoms with E-state index in [1.54, 1.807) is 0 Å². The Balaban J connectivity index is 2.54. The second kappa shape index (κ2) is 2.61. The van der Waals surface area contributed by atoms with Crippen molar-refractivity contribution in [1.29, 1.82) is 0 Å². The van der Waals surface area contributed by atoms with Crippen LogP contribution in [-0.2, 0) is 3.98 Å². The van der Waals surface area contributed by atoms with Gasteiger partial charge in [-0.1, -0.05) is 3.98 Å². The van der Waals surface area contributed by atoms with Crippen LogP contribution in [0.1, 0.15) is 0 Å². The van der Waals surface area contributed by atoms with Crippen molar-refractivity contribution in [3.05, 3.63) is 0 Å². The molecule has 0 rings (SSSR count). The Labute approximate surface area is 35.5 Å². The zero-order valence-corrected chi connectivity index (χ0v) is 5.36. The van der Waals surface area contributed by atoms with Crippen LogP contribution in [0.4, 0.5) is 0 Å². The standard InChI is InChI=1S/ClH3O3Si/c2-1(3)4-5/h5H3. The molecule has 0 saturated carbocycles. The first-order valence-corrected chi connectivity index (χ1v) is 2.61. The molecular formula is H3ClO3Si. The molecule has 0 aromatic carbocycles. The van der Waals surface area contributed by atoms with Gasteiger partial charge in [0.05, 0.1) is 0 Å². The zero-order valence-electron chi connectivity index (χ0n) is 2.60. The summed E-state index contributed by atoms with van der Waals surface area (Å²) in [6.45, 7) is 0. The molecule has 0 radical (unpaired) electrons. The van der Waals surface area contributed by atoms with E-state index in [4.69, 9.17) is 9.32 Å². The fourth-order valence-electron chi connectivity index (χ4n) is 0. The lowest BCUT2D eigenvalue weighted by molar-refractivity contribution is -1.62. The van der Waals surface area contributed by atoms with E-state index in [1.165, 1.54) is 0 Å². The minimum Gasteiger partial charge on any atom is -0.322 e. The van der Waals surface area contributed by atoms with Crippen molar-refractivity contribution in [1.82, 2.24) is 0 Å². The zero-order chi connectivity index (χ0) is 4.28. The van der Waals surface area contributed by atoms with Gasteiger partial charge in [0.1, 0.15) is 0 Å². The maximum Gasteiger partial charge on any atom is 0.299 e. The fourth-order valence-corrected chi connectivity index (χ4v) is 0. The van der Waals surface area contributed by atoms with Gasteiger partial charge in [0.15, 0.2) is 0 Å². The van der Waals surface area contributed by atoms with Crippen molar-refractivity contribution in [3.8, 4) is 0 Å². The lowest BCUT2D eigenvalue weighted by Gasteiger charge is -1.83. The summed E-state index contributed by atoms with van der Waals surface area (Å²) in [5.41, 5.74) is 0. The smallest absolute Gasteiger partial charge is 0.299 e. The number of hydrogen-bond acceptors (Lipinski definition) is 3. The van der Waals surface area contributed by atoms with Crippen molar-refractivity contribution < 1.29 is 24.1 Å². The van der Waals surface area contributed by atoms with E-state index in [2.05, 4.69) is 3.98 Å². The molecule has 0 heterocycles. The predicted octanol–water partition coefficient (Wildman–Crippen LogP) is -3.63. The molecule has 0 saturated heterocycles. The molecule has 0 amide bonds. The molecule has 32 valence electrons. The molecule has 0 atom stereocenters. The molecule has 0 unspecified atom stereocenters. The Morgan fingerprint density at radius 2 is 1.80 bits per heavy atom. The van der Waals surface area contributed by atoms with E-state index in [0.29, 0.717) is 0 Å². The van der Waals surface area contributed by atoms with Crippen LogP contribution in [-0.4, -0.2) is 10.5 Å². The summed E-state index contributed by atoms with van der Waals surface area (Å²) >= 11 is 0. The minimum atomic E-state index is -1.99. The number of hydrogen-bond donors (Lipinski definition) is 0. The largest absolute Gasteiger partial charge is 0.322 e. The van der Waals surface area contributed by atoms with Gasteiger partial charge in [-0.2, -0.15) is 0 Å². The van der Waals surface area contributed by atoms with Crippen molar-refractivity contribution in [2.24, 2.45) is 0 Å². The molecule has 0 bridgehead atoms. The summed E-state index contributed by atoms with van der Waals surface area (Å²) in [5.74, 6) is 0. The first-order chi connectivity index (χ1) is 2.27. The fraction of sp³-hybridized carbons (Fsp3) is 0. The third-order valence-electron chi connectivity index (χ3n) is 0.126. The van der Waals surface area contributed by atoms with E-state index >= 15 is 0 Å². The van der Waals surface area contributed by atoms with Gasteiger partial charge in [0, 0.05) is 0 Å². The summed E-state index contributed by atoms with van der Waals surface area (Å²) in [6, 6.07) is 0. The van der Waals surface area contributed by atoms with Gasteiger partial charge in [-0.25, -0.2) is 0 Å². The molecule has 5 heavy (non-hydrogen) atoms. The average molecular weight is 115 g/mol. The van der Waals surface area contributed by atoms with E-state index < -0.39 is 10.8 Å². The summed E-state index contributed by atoms with van der Waals surface area (Å²) < 4.78 is 22.1. The Morgan fingerprint density at radius 1 is 1.60 bits per heavy atom. The summed E-state index contributed by atoms with van der Waals surface area (Å²) in [7, 11) is -1.74. The molecule has 0 N–H and O–H groups in total. The highest BCUT2D eigenvalue weighted by molar-refractivity contribution is 5.97. The summed E-state index contributed by atoms with van der Waals surface area (Å²) in [4.78, 5) is 0. The van der Waals surface area contributed by atoms with Gasteiger partial charge < -0.3 is 9.32 Å². The Bertz CT molecular complexity index is 20.9. The van der Waals surface area contributed by atoms with E-state index in [0.717, 1.165) is 0 Å². The van der Waals surface area contributed by atoms with Crippen LogP contribution in [0.2, 0.25) is 0 Å². The lowest BCUT2D eigenvalue weighted by atomic mass is 15.8. The topological polar surface area (TPSA) is 55.3 Å². The molecular weight excluding hydrogens is 112 g/mol. The Morgan fingerprint density at radius 3 is 1.80 bits per heavy atom. The highest BCUT2D eigenvalue weighted by Crippen LogP contribution is 1.59. The third-order valence-corrected chi connectivity index (χ3v) is 1.13. The minimum absolute atomic E-state index is 0.244. The highest BCUT2D eigenvalue weighted by Gasteiger charge is 1.91. The quantitative estimate of drug-likeness (QED) is 0.331. The maximum absolute atomic E-state index is 9.14. The second-order valence-electron chi connectivity index (χ2n) is 0.343. The maximum atomic E-state index is 9.14. The first kappa shape index (κ1) is 5.39. The van der Waals surface area contributed by atoms with Crippen molar-refractivity contribution >= 4 is 10.5 Å². The molecule has 0 spiro atoms. The second-order valence-corrected chi connectivity index (χ2v) is 1.96. The molecule has 5 heteroatoms. The monoisotopic (exact) mass is 114 g/mol. The van der Waals surface area contributed by atoms with Gasteiger partial charge in [-0.3, -0.25) is 0 Å². The number of rotatable bonds is 1. The molecule has 0 aliphatic rings. The summed E-state index contributed by atoms with van der Waals surface area (Å²) in [6.07, 6.45) is 0. The van der Waals surface area contributed by atoms with Gasteiger partial charge >= 0.3 is 0 Å². The first-order valence-electron chi connectivity index (χ1n) is 0.871. The average Bonchev–Trinajstić information content (AvgIpc) is 1.38. The van der Waals surface area contributed by atoms with Crippen molar-refractivity contribution in [2.45, 2.75) is 0 Å². The molecule has 0 aromatic heterocycles. The Kier molecular flexibility index (Phi) is 2.82. The van der Waals surface area contributed by atoms with Crippen LogP contribution in [0.15, 0.2) is 0 Å². The van der Waals surface area contributed by atoms with Crippen LogP contribution in [0, 0.1) is 10.8 Å². The van der Waals surface area contributed by atoms with Crippen molar-refractivity contribution in [2.75, 3.05) is 0 Å². The van der Waals surface area contributed by atoms with Gasteiger partial charge in [0.25, 0.3) is 21.3 Å². The van der Waals surface area contributed by atoms with Crippen LogP contribution >= 0.6 is 0 Å². The molecule has 0 aliphatic heterocycles. The number of halogens is 1. The van der Waals surface area contributed by atoms with Gasteiger partial charge in [0.2, 0.25) is 0 Å². The lowest BCUT2D eigenvalue weighted by Crippen LogP contribution is -2.33. The van der Waals surface area contributed by atoms with Gasteiger partial charge in [-0.05, 0) is 0 Å². The van der Waals surface area contributed by atoms with Crippen LogP contribution in [0.3, 0.4) is 0 Å². The summed E-state index contributed by atoms with van der Waals surface area (Å²) in [5, 5.41) is 0. The predicted molar refractivity (Wildman–Crippen MR) is 11.0 cm³/mol. The molecule has 3 nitrogen and oxygen atoms in total. The third kappa shape index (κ3) is 4.39. The Hall–Kier alpha value is 0.387.